The molecule has 0 amide bonds. The zero-order chi connectivity index (χ0) is 23.5. The topological polar surface area (TPSA) is 52.0 Å². The number of aryl methyl sites for hydroxylation is 2. The van der Waals surface area contributed by atoms with E-state index in [-0.39, 0.29) is 0 Å². The molecule has 5 heteroatoms. The Morgan fingerprint density at radius 1 is 0.545 bits per heavy atom. The van der Waals surface area contributed by atoms with Crippen LogP contribution in [-0.2, 0) is 12.8 Å². The van der Waals surface area contributed by atoms with Gasteiger partial charge in [0.05, 0.1) is 21.1 Å². The maximum atomic E-state index is 6.59. The van der Waals surface area contributed by atoms with E-state index >= 15 is 0 Å². The molecule has 0 aliphatic heterocycles. The van der Waals surface area contributed by atoms with Crippen LogP contribution in [-0.4, -0.2) is 0 Å². The lowest BCUT2D eigenvalue weighted by Gasteiger charge is -2.04. The Balaban J connectivity index is 1.67. The van der Waals surface area contributed by atoms with Gasteiger partial charge in [0.1, 0.15) is 0 Å². The fraction of sp³-hybridized carbons (Fsp3) is 0.571. The minimum absolute atomic E-state index is 0.778. The lowest BCUT2D eigenvalue weighted by atomic mass is 10.0. The first-order valence-electron chi connectivity index (χ1n) is 13.0. The molecule has 2 nitrogen and oxygen atoms in total. The van der Waals surface area contributed by atoms with Crippen molar-refractivity contribution < 1.29 is 0 Å². The Bertz CT molecular complexity index is 876. The van der Waals surface area contributed by atoms with Gasteiger partial charge in [-0.1, -0.05) is 78.1 Å². The summed E-state index contributed by atoms with van der Waals surface area (Å²) in [5, 5.41) is 4.43. The van der Waals surface area contributed by atoms with Crippen molar-refractivity contribution in [2.24, 2.45) is 0 Å². The summed E-state index contributed by atoms with van der Waals surface area (Å²) in [5.41, 5.74) is 17.6. The van der Waals surface area contributed by atoms with Gasteiger partial charge in [-0.15, -0.1) is 34.0 Å². The first-order chi connectivity index (χ1) is 16.2. The smallest absolute Gasteiger partial charge is 0.0752 e. The van der Waals surface area contributed by atoms with E-state index in [1.807, 2.05) is 22.7 Å². The highest BCUT2D eigenvalue weighted by Gasteiger charge is 2.21. The molecule has 3 aromatic heterocycles. The highest BCUT2D eigenvalue weighted by atomic mass is 32.1. The number of rotatable bonds is 16. The average molecular weight is 503 g/mol. The summed E-state index contributed by atoms with van der Waals surface area (Å²) < 4.78 is 0. The molecule has 0 radical (unpaired) electrons. The quantitative estimate of drug-likeness (QED) is 0.191. The van der Waals surface area contributed by atoms with Gasteiger partial charge in [-0.3, -0.25) is 0 Å². The molecule has 4 N–H and O–H groups in total. The van der Waals surface area contributed by atoms with Gasteiger partial charge >= 0.3 is 0 Å². The van der Waals surface area contributed by atoms with E-state index in [1.54, 1.807) is 11.3 Å². The van der Waals surface area contributed by atoms with Gasteiger partial charge in [-0.25, -0.2) is 0 Å². The Morgan fingerprint density at radius 2 is 0.939 bits per heavy atom. The van der Waals surface area contributed by atoms with E-state index in [4.69, 9.17) is 11.5 Å². The second kappa shape index (κ2) is 14.2. The van der Waals surface area contributed by atoms with Gasteiger partial charge in [-0.05, 0) is 59.7 Å². The Labute approximate surface area is 213 Å². The molecule has 0 atom stereocenters. The van der Waals surface area contributed by atoms with Crippen molar-refractivity contribution in [3.05, 3.63) is 34.0 Å². The standard InChI is InChI=1S/C28H42N2S3/c1-3-5-7-9-11-13-15-21-17-19-31-25(21)27-23(29)24(30)28(33-27)26-22(18-20-32-26)16-14-12-10-8-6-4-2/h17-20H,3-16,29-30H2,1-2H3. The van der Waals surface area contributed by atoms with Crippen LogP contribution < -0.4 is 11.5 Å². The summed E-state index contributed by atoms with van der Waals surface area (Å²) in [7, 11) is 0. The van der Waals surface area contributed by atoms with Crippen molar-refractivity contribution in [3.63, 3.8) is 0 Å². The largest absolute Gasteiger partial charge is 0.396 e. The van der Waals surface area contributed by atoms with Crippen LogP contribution in [0.15, 0.2) is 22.9 Å². The summed E-state index contributed by atoms with van der Waals surface area (Å²) in [4.78, 5) is 5.02. The van der Waals surface area contributed by atoms with Crippen LogP contribution in [0.3, 0.4) is 0 Å². The maximum absolute atomic E-state index is 6.59. The fourth-order valence-electron chi connectivity index (χ4n) is 4.45. The van der Waals surface area contributed by atoms with Crippen LogP contribution in [0.4, 0.5) is 11.4 Å². The minimum Gasteiger partial charge on any atom is -0.396 e. The summed E-state index contributed by atoms with van der Waals surface area (Å²) in [5.74, 6) is 0. The molecule has 0 bridgehead atoms. The second-order valence-corrected chi connectivity index (χ2v) is 12.0. The molecule has 0 fully saturated rings. The fourth-order valence-corrected chi connectivity index (χ4v) is 7.89. The van der Waals surface area contributed by atoms with E-state index in [1.165, 1.54) is 108 Å². The summed E-state index contributed by atoms with van der Waals surface area (Å²) in [6.07, 6.45) is 18.2. The molecule has 0 aliphatic rings. The molecule has 182 valence electrons. The summed E-state index contributed by atoms with van der Waals surface area (Å²) >= 11 is 5.43. The predicted octanol–water partition coefficient (Wildman–Crippen LogP) is 10.2. The van der Waals surface area contributed by atoms with Gasteiger partial charge in [0.15, 0.2) is 0 Å². The number of nitrogen functional groups attached to an aromatic ring is 2. The molecule has 0 aromatic carbocycles. The zero-order valence-electron chi connectivity index (χ0n) is 20.6. The molecule has 0 unspecified atom stereocenters. The number of hydrogen-bond acceptors (Lipinski definition) is 5. The van der Waals surface area contributed by atoms with Crippen molar-refractivity contribution in [2.45, 2.75) is 104 Å². The number of thiophene rings is 3. The number of anilines is 2. The van der Waals surface area contributed by atoms with Crippen LogP contribution >= 0.6 is 34.0 Å². The summed E-state index contributed by atoms with van der Waals surface area (Å²) in [6.45, 7) is 4.55. The van der Waals surface area contributed by atoms with Gasteiger partial charge < -0.3 is 11.5 Å². The van der Waals surface area contributed by atoms with E-state index in [0.717, 1.165) is 24.2 Å². The van der Waals surface area contributed by atoms with Crippen molar-refractivity contribution >= 4 is 45.4 Å². The molecule has 3 rings (SSSR count). The molecule has 0 aliphatic carbocycles. The Kier molecular flexibility index (Phi) is 11.3. The number of unbranched alkanes of at least 4 members (excludes halogenated alkanes) is 10. The van der Waals surface area contributed by atoms with Crippen molar-refractivity contribution in [1.82, 2.24) is 0 Å². The van der Waals surface area contributed by atoms with E-state index in [0.29, 0.717) is 0 Å². The molecule has 0 saturated heterocycles. The predicted molar refractivity (Wildman–Crippen MR) is 154 cm³/mol. The highest BCUT2D eigenvalue weighted by Crippen LogP contribution is 2.50. The zero-order valence-corrected chi connectivity index (χ0v) is 23.0. The van der Waals surface area contributed by atoms with Gasteiger partial charge in [0.2, 0.25) is 0 Å². The summed E-state index contributed by atoms with van der Waals surface area (Å²) in [6, 6.07) is 4.58. The van der Waals surface area contributed by atoms with Crippen LogP contribution in [0.1, 0.15) is 102 Å². The van der Waals surface area contributed by atoms with Crippen LogP contribution in [0.25, 0.3) is 19.5 Å². The van der Waals surface area contributed by atoms with E-state index < -0.39 is 0 Å². The van der Waals surface area contributed by atoms with E-state index in [2.05, 4.69) is 36.7 Å². The molecule has 0 spiro atoms. The molecule has 33 heavy (non-hydrogen) atoms. The lowest BCUT2D eigenvalue weighted by molar-refractivity contribution is 0.608. The number of nitrogens with two attached hydrogens (primary N) is 2. The monoisotopic (exact) mass is 502 g/mol. The normalized spacial score (nSPS) is 11.5. The lowest BCUT2D eigenvalue weighted by Crippen LogP contribution is -1.94. The van der Waals surface area contributed by atoms with Crippen LogP contribution in [0.5, 0.6) is 0 Å². The first kappa shape index (κ1) is 26.3. The molecule has 3 aromatic rings. The van der Waals surface area contributed by atoms with E-state index in [9.17, 15) is 0 Å². The maximum Gasteiger partial charge on any atom is 0.0752 e. The minimum atomic E-state index is 0.778. The van der Waals surface area contributed by atoms with Gasteiger partial charge in [0, 0.05) is 9.75 Å². The average Bonchev–Trinajstić information content (AvgIpc) is 3.54. The molecule has 0 saturated carbocycles. The molecule has 3 heterocycles. The van der Waals surface area contributed by atoms with Crippen LogP contribution in [0, 0.1) is 0 Å². The Hall–Kier alpha value is -1.30. The highest BCUT2D eigenvalue weighted by molar-refractivity contribution is 7.27. The third-order valence-electron chi connectivity index (χ3n) is 6.49. The SMILES string of the molecule is CCCCCCCCc1ccsc1-c1sc(-c2sccc2CCCCCCCC)c(N)c1N. The Morgan fingerprint density at radius 3 is 1.36 bits per heavy atom. The third kappa shape index (κ3) is 7.34. The van der Waals surface area contributed by atoms with Crippen molar-refractivity contribution in [2.75, 3.05) is 11.5 Å². The first-order valence-corrected chi connectivity index (χ1v) is 15.6. The molecular weight excluding hydrogens is 461 g/mol. The second-order valence-electron chi connectivity index (χ2n) is 9.17. The van der Waals surface area contributed by atoms with Gasteiger partial charge in [0.25, 0.3) is 0 Å². The molecular formula is C28H42N2S3. The third-order valence-corrected chi connectivity index (χ3v) is 9.95. The van der Waals surface area contributed by atoms with Crippen molar-refractivity contribution in [1.29, 1.82) is 0 Å². The number of hydrogen-bond donors (Lipinski definition) is 2. The van der Waals surface area contributed by atoms with Crippen molar-refractivity contribution in [3.8, 4) is 19.5 Å². The van der Waals surface area contributed by atoms with Crippen LogP contribution in [0.2, 0.25) is 0 Å². The van der Waals surface area contributed by atoms with Gasteiger partial charge in [-0.2, -0.15) is 0 Å².